The van der Waals surface area contributed by atoms with Crippen LogP contribution in [0.4, 0.5) is 0 Å². The molecule has 2 nitrogen and oxygen atoms in total. The standard InChI is InChI=1S/C8H13NO.ClH/c1-2-8-6-4-9-3-5(6)7(1)10-8;/h5-9H,1-4H2;1H/t5-,6+,7-,8+;. The molecule has 64 valence electrons. The van der Waals surface area contributed by atoms with Crippen LogP contribution in [0.2, 0.25) is 0 Å². The minimum atomic E-state index is 0. The average Bonchev–Trinajstić information content (AvgIpc) is 2.60. The SMILES string of the molecule is C1NC[C@H]2[C@@H]1[C@H]1CC[C@@H]2O1.Cl. The van der Waals surface area contributed by atoms with Crippen molar-refractivity contribution in [1.82, 2.24) is 5.32 Å². The van der Waals surface area contributed by atoms with E-state index < -0.39 is 0 Å². The van der Waals surface area contributed by atoms with Gasteiger partial charge in [0, 0.05) is 24.9 Å². The van der Waals surface area contributed by atoms with Crippen molar-refractivity contribution < 1.29 is 4.74 Å². The van der Waals surface area contributed by atoms with E-state index in [0.29, 0.717) is 12.2 Å². The minimum absolute atomic E-state index is 0. The number of hydrogen-bond donors (Lipinski definition) is 1. The van der Waals surface area contributed by atoms with Gasteiger partial charge in [0.05, 0.1) is 12.2 Å². The monoisotopic (exact) mass is 175 g/mol. The lowest BCUT2D eigenvalue weighted by atomic mass is 9.82. The summed E-state index contributed by atoms with van der Waals surface area (Å²) in [5.41, 5.74) is 0. The van der Waals surface area contributed by atoms with Crippen molar-refractivity contribution in [3.63, 3.8) is 0 Å². The topological polar surface area (TPSA) is 21.3 Å². The molecule has 0 aliphatic carbocycles. The van der Waals surface area contributed by atoms with Crippen molar-refractivity contribution in [3.8, 4) is 0 Å². The maximum atomic E-state index is 5.80. The molecule has 2 bridgehead atoms. The second kappa shape index (κ2) is 2.61. The van der Waals surface area contributed by atoms with E-state index in [-0.39, 0.29) is 12.4 Å². The summed E-state index contributed by atoms with van der Waals surface area (Å²) in [5, 5.41) is 3.45. The van der Waals surface area contributed by atoms with Crippen molar-refractivity contribution in [2.24, 2.45) is 11.8 Å². The van der Waals surface area contributed by atoms with Gasteiger partial charge in [-0.05, 0) is 12.8 Å². The number of ether oxygens (including phenoxy) is 1. The zero-order chi connectivity index (χ0) is 6.55. The van der Waals surface area contributed by atoms with Crippen LogP contribution in [0.5, 0.6) is 0 Å². The molecule has 11 heavy (non-hydrogen) atoms. The van der Waals surface area contributed by atoms with Crippen LogP contribution in [0.25, 0.3) is 0 Å². The highest BCUT2D eigenvalue weighted by Crippen LogP contribution is 2.44. The normalized spacial score (nSPS) is 52.4. The smallest absolute Gasteiger partial charge is 0.0624 e. The molecule has 3 rings (SSSR count). The maximum absolute atomic E-state index is 5.80. The number of fused-ring (bicyclic) bond motifs is 5. The summed E-state index contributed by atoms with van der Waals surface area (Å²) >= 11 is 0. The highest BCUT2D eigenvalue weighted by molar-refractivity contribution is 5.85. The van der Waals surface area contributed by atoms with Crippen LogP contribution in [0, 0.1) is 11.8 Å². The summed E-state index contributed by atoms with van der Waals surface area (Å²) in [7, 11) is 0. The van der Waals surface area contributed by atoms with Gasteiger partial charge in [0.1, 0.15) is 0 Å². The molecule has 0 aromatic rings. The lowest BCUT2D eigenvalue weighted by molar-refractivity contribution is 0.0832. The van der Waals surface area contributed by atoms with Gasteiger partial charge in [0.25, 0.3) is 0 Å². The first-order chi connectivity index (χ1) is 4.95. The van der Waals surface area contributed by atoms with Gasteiger partial charge >= 0.3 is 0 Å². The molecule has 0 spiro atoms. The molecule has 3 heterocycles. The third-order valence-corrected chi connectivity index (χ3v) is 3.35. The second-order valence-electron chi connectivity index (χ2n) is 3.78. The molecule has 3 fully saturated rings. The van der Waals surface area contributed by atoms with Gasteiger partial charge in [0.15, 0.2) is 0 Å². The van der Waals surface area contributed by atoms with Gasteiger partial charge in [-0.25, -0.2) is 0 Å². The molecule has 0 aromatic carbocycles. The molecule has 4 atom stereocenters. The van der Waals surface area contributed by atoms with Crippen molar-refractivity contribution in [2.45, 2.75) is 25.0 Å². The fraction of sp³-hybridized carbons (Fsp3) is 1.00. The van der Waals surface area contributed by atoms with Crippen LogP contribution in [0.3, 0.4) is 0 Å². The molecule has 3 saturated heterocycles. The average molecular weight is 176 g/mol. The van der Waals surface area contributed by atoms with Gasteiger partial charge in [-0.3, -0.25) is 0 Å². The van der Waals surface area contributed by atoms with Gasteiger partial charge in [-0.2, -0.15) is 0 Å². The molecule has 0 unspecified atom stereocenters. The van der Waals surface area contributed by atoms with Gasteiger partial charge in [0.2, 0.25) is 0 Å². The van der Waals surface area contributed by atoms with Crippen LogP contribution in [0.1, 0.15) is 12.8 Å². The first kappa shape index (κ1) is 7.84. The van der Waals surface area contributed by atoms with Crippen LogP contribution in [-0.2, 0) is 4.74 Å². The molecule has 3 aliphatic rings. The fourth-order valence-electron chi connectivity index (χ4n) is 2.85. The Morgan fingerprint density at radius 1 is 1.00 bits per heavy atom. The summed E-state index contributed by atoms with van der Waals surface area (Å²) < 4.78 is 5.80. The van der Waals surface area contributed by atoms with Crippen molar-refractivity contribution in [3.05, 3.63) is 0 Å². The van der Waals surface area contributed by atoms with E-state index in [0.717, 1.165) is 11.8 Å². The van der Waals surface area contributed by atoms with Gasteiger partial charge < -0.3 is 10.1 Å². The summed E-state index contributed by atoms with van der Waals surface area (Å²) in [6, 6.07) is 0. The lowest BCUT2D eigenvalue weighted by Crippen LogP contribution is -2.24. The van der Waals surface area contributed by atoms with E-state index in [9.17, 15) is 0 Å². The van der Waals surface area contributed by atoms with E-state index in [4.69, 9.17) is 4.74 Å². The third kappa shape index (κ3) is 0.930. The van der Waals surface area contributed by atoms with E-state index in [1.54, 1.807) is 0 Å². The first-order valence-corrected chi connectivity index (χ1v) is 4.31. The molecule has 1 N–H and O–H groups in total. The fourth-order valence-corrected chi connectivity index (χ4v) is 2.85. The predicted molar refractivity (Wildman–Crippen MR) is 45.0 cm³/mol. The second-order valence-corrected chi connectivity index (χ2v) is 3.78. The Morgan fingerprint density at radius 3 is 2.09 bits per heavy atom. The largest absolute Gasteiger partial charge is 0.374 e. The summed E-state index contributed by atoms with van der Waals surface area (Å²) in [4.78, 5) is 0. The van der Waals surface area contributed by atoms with E-state index in [1.807, 2.05) is 0 Å². The van der Waals surface area contributed by atoms with Crippen LogP contribution >= 0.6 is 12.4 Å². The quantitative estimate of drug-likeness (QED) is 0.588. The van der Waals surface area contributed by atoms with Crippen LogP contribution in [-0.4, -0.2) is 25.3 Å². The molecular formula is C8H14ClNO. The first-order valence-electron chi connectivity index (χ1n) is 4.31. The summed E-state index contributed by atoms with van der Waals surface area (Å²) in [6.45, 7) is 2.43. The summed E-state index contributed by atoms with van der Waals surface area (Å²) in [6.07, 6.45) is 3.91. The highest BCUT2D eigenvalue weighted by Gasteiger charge is 2.50. The molecule has 3 aliphatic heterocycles. The molecule has 0 aromatic heterocycles. The van der Waals surface area contributed by atoms with Crippen molar-refractivity contribution >= 4 is 12.4 Å². The number of nitrogens with one attached hydrogen (secondary N) is 1. The van der Waals surface area contributed by atoms with E-state index in [2.05, 4.69) is 5.32 Å². The van der Waals surface area contributed by atoms with E-state index in [1.165, 1.54) is 25.9 Å². The zero-order valence-electron chi connectivity index (χ0n) is 6.45. The number of halogens is 1. The Labute approximate surface area is 73.1 Å². The molecule has 0 saturated carbocycles. The Balaban J connectivity index is 0.000000480. The minimum Gasteiger partial charge on any atom is -0.374 e. The maximum Gasteiger partial charge on any atom is 0.0624 e. The third-order valence-electron chi connectivity index (χ3n) is 3.35. The van der Waals surface area contributed by atoms with Gasteiger partial charge in [-0.15, -0.1) is 12.4 Å². The Morgan fingerprint density at radius 2 is 1.55 bits per heavy atom. The Bertz CT molecular complexity index is 148. The predicted octanol–water partition coefficient (Wildman–Crippen LogP) is 0.805. The number of hydrogen-bond acceptors (Lipinski definition) is 2. The Hall–Kier alpha value is 0.210. The number of rotatable bonds is 0. The highest BCUT2D eigenvalue weighted by atomic mass is 35.5. The molecule has 0 amide bonds. The van der Waals surface area contributed by atoms with Crippen LogP contribution < -0.4 is 5.32 Å². The van der Waals surface area contributed by atoms with Gasteiger partial charge in [-0.1, -0.05) is 0 Å². The van der Waals surface area contributed by atoms with E-state index >= 15 is 0 Å². The van der Waals surface area contributed by atoms with Crippen molar-refractivity contribution in [2.75, 3.05) is 13.1 Å². The molecular weight excluding hydrogens is 162 g/mol. The van der Waals surface area contributed by atoms with Crippen LogP contribution in [0.15, 0.2) is 0 Å². The molecule has 3 heteroatoms. The molecule has 0 radical (unpaired) electrons. The zero-order valence-corrected chi connectivity index (χ0v) is 7.27. The lowest BCUT2D eigenvalue weighted by Gasteiger charge is -2.18. The van der Waals surface area contributed by atoms with Crippen molar-refractivity contribution in [1.29, 1.82) is 0 Å². The summed E-state index contributed by atoms with van der Waals surface area (Å²) in [5.74, 6) is 1.75. The Kier molecular flexibility index (Phi) is 1.86.